The van der Waals surface area contributed by atoms with E-state index in [-0.39, 0.29) is 80.1 Å². The molecule has 4 aliphatic rings. The average Bonchev–Trinajstić information content (AvgIpc) is 1.67. The Bertz CT molecular complexity index is 3550. The third-order valence-electron chi connectivity index (χ3n) is 17.5. The molecule has 460 valence electrons. The zero-order chi connectivity index (χ0) is 61.9. The van der Waals surface area contributed by atoms with Crippen molar-refractivity contribution in [3.63, 3.8) is 0 Å². The molecule has 17 nitrogen and oxygen atoms in total. The highest BCUT2D eigenvalue weighted by Gasteiger charge is 2.61. The molecule has 0 radical (unpaired) electrons. The first-order chi connectivity index (χ1) is 41.6. The molecule has 2 aliphatic heterocycles. The first kappa shape index (κ1) is 62.5. The monoisotopic (exact) mass is 1240 g/mol. The lowest BCUT2D eigenvalue weighted by atomic mass is 9.62. The normalized spacial score (nSPS) is 21.6. The predicted octanol–water partition coefficient (Wildman–Crippen LogP) is 13.0. The van der Waals surface area contributed by atoms with E-state index in [2.05, 4.69) is 42.4 Å². The summed E-state index contributed by atoms with van der Waals surface area (Å²) in [5.74, 6) is -2.71. The lowest BCUT2D eigenvalue weighted by Gasteiger charge is -2.37. The smallest absolute Gasteiger partial charge is 0.284 e. The maximum atomic E-state index is 16.3. The molecule has 0 spiro atoms. The maximum Gasteiger partial charge on any atom is 0.284 e. The van der Waals surface area contributed by atoms with Gasteiger partial charge in [-0.3, -0.25) is 23.9 Å². The fourth-order valence-corrected chi connectivity index (χ4v) is 13.0. The second kappa shape index (κ2) is 26.4. The number of halogens is 6. The second-order valence-corrected chi connectivity index (χ2v) is 25.5. The molecule has 23 heteroatoms. The standard InChI is InChI=1S/C64H71Cl2F4N11O6/c1-63(2,3)31-51-64(35-71,44-19-16-41(65)30-46(44)67)53(43-9-6-10-45(66)54(43)68)56(77-51)59(83)74-47-20-15-40(28-50(47)86-5)62(85)80-26-22-36(23-27-80)8-7-25-79(4)61(84)38-13-17-42(18-14-38)81-33-48(55(78-81)57(69)70)75-58(82)49-34-87-60(76-49)39-21-24-72-52(29-39)73-32-37-11-12-37/h6,9-10,15-16,19-21,24,28-30,33-34,36-38,42,51,53,56-57,77H,7-8,11-14,17-18,22-23,25-27,31-32H2,1-5H3,(H,72,73)(H,74,83)(H,75,82)/t38-,42-,51-,53-,56?,64-/m0/s1. The number of carbonyl (C=O) groups excluding carboxylic acids is 4. The summed E-state index contributed by atoms with van der Waals surface area (Å²) in [6, 6.07) is 16.4. The van der Waals surface area contributed by atoms with Crippen LogP contribution in [0.2, 0.25) is 10.0 Å². The number of anilines is 3. The topological polar surface area (TPSA) is 213 Å². The van der Waals surface area contributed by atoms with Gasteiger partial charge in [0.05, 0.1) is 41.7 Å². The van der Waals surface area contributed by atoms with E-state index in [1.807, 2.05) is 20.8 Å². The zero-order valence-corrected chi connectivity index (χ0v) is 50.7. The molecule has 87 heavy (non-hydrogen) atoms. The maximum absolute atomic E-state index is 16.3. The third kappa shape index (κ3) is 13.9. The number of oxazole rings is 1. The Labute approximate surface area is 512 Å². The largest absolute Gasteiger partial charge is 0.495 e. The Morgan fingerprint density at radius 3 is 2.39 bits per heavy atom. The summed E-state index contributed by atoms with van der Waals surface area (Å²) in [4.78, 5) is 67.9. The number of likely N-dealkylation sites (tertiary alicyclic amines) is 1. The zero-order valence-electron chi connectivity index (χ0n) is 49.2. The van der Waals surface area contributed by atoms with Crippen molar-refractivity contribution < 1.29 is 45.9 Å². The van der Waals surface area contributed by atoms with E-state index in [4.69, 9.17) is 32.4 Å². The highest BCUT2D eigenvalue weighted by molar-refractivity contribution is 6.31. The number of nitrogens with zero attached hydrogens (tertiary/aromatic N) is 7. The predicted molar refractivity (Wildman–Crippen MR) is 322 cm³/mol. The van der Waals surface area contributed by atoms with Gasteiger partial charge < -0.3 is 40.2 Å². The molecule has 4 N–H and O–H groups in total. The van der Waals surface area contributed by atoms with Crippen LogP contribution in [0.25, 0.3) is 11.5 Å². The lowest BCUT2D eigenvalue weighted by Crippen LogP contribution is -2.45. The second-order valence-electron chi connectivity index (χ2n) is 24.7. The van der Waals surface area contributed by atoms with Gasteiger partial charge in [-0.05, 0) is 142 Å². The van der Waals surface area contributed by atoms with E-state index in [0.717, 1.165) is 38.3 Å². The van der Waals surface area contributed by atoms with E-state index in [0.29, 0.717) is 74.1 Å². The minimum Gasteiger partial charge on any atom is -0.495 e. The number of carbonyl (C=O) groups is 4. The number of amides is 4. The van der Waals surface area contributed by atoms with Crippen molar-refractivity contribution in [2.45, 2.75) is 127 Å². The van der Waals surface area contributed by atoms with Crippen molar-refractivity contribution in [1.29, 1.82) is 5.26 Å². The number of alkyl halides is 2. The van der Waals surface area contributed by atoms with Gasteiger partial charge in [0.15, 0.2) is 11.4 Å². The Hall–Kier alpha value is -7.54. The van der Waals surface area contributed by atoms with E-state index in [9.17, 15) is 33.2 Å². The molecule has 1 unspecified atom stereocenters. The molecule has 4 atom stereocenters. The number of hydrogen-bond acceptors (Lipinski definition) is 12. The fraction of sp³-hybridized carbons (Fsp3) is 0.469. The van der Waals surface area contributed by atoms with Crippen LogP contribution in [-0.2, 0) is 15.0 Å². The quantitative estimate of drug-likeness (QED) is 0.0526. The van der Waals surface area contributed by atoms with Crippen LogP contribution in [0.5, 0.6) is 5.75 Å². The van der Waals surface area contributed by atoms with Gasteiger partial charge in [0.2, 0.25) is 17.7 Å². The number of nitrogens with one attached hydrogen (secondary N) is 4. The summed E-state index contributed by atoms with van der Waals surface area (Å²) in [5.41, 5.74) is -1.99. The van der Waals surface area contributed by atoms with E-state index in [1.54, 1.807) is 53.4 Å². The van der Waals surface area contributed by atoms with Crippen LogP contribution >= 0.6 is 23.2 Å². The van der Waals surface area contributed by atoms with Crippen LogP contribution in [0, 0.1) is 46.1 Å². The molecule has 10 rings (SSSR count). The molecule has 2 saturated heterocycles. The van der Waals surface area contributed by atoms with Crippen molar-refractivity contribution in [2.24, 2.45) is 23.2 Å². The Morgan fingerprint density at radius 2 is 1.70 bits per heavy atom. The van der Waals surface area contributed by atoms with E-state index < -0.39 is 64.4 Å². The first-order valence-corrected chi connectivity index (χ1v) is 30.3. The van der Waals surface area contributed by atoms with Crippen LogP contribution in [0.3, 0.4) is 0 Å². The van der Waals surface area contributed by atoms with E-state index >= 15 is 8.78 Å². The van der Waals surface area contributed by atoms with Crippen LogP contribution in [0.1, 0.15) is 147 Å². The van der Waals surface area contributed by atoms with Crippen LogP contribution < -0.4 is 26.0 Å². The summed E-state index contributed by atoms with van der Waals surface area (Å²) < 4.78 is 73.9. The van der Waals surface area contributed by atoms with Gasteiger partial charge in [-0.1, -0.05) is 62.2 Å². The number of piperidine rings is 1. The van der Waals surface area contributed by atoms with Crippen LogP contribution in [0.15, 0.2) is 89.8 Å². The number of rotatable bonds is 20. The summed E-state index contributed by atoms with van der Waals surface area (Å²) >= 11 is 12.5. The summed E-state index contributed by atoms with van der Waals surface area (Å²) in [6.07, 6.45) is 9.24. The molecule has 4 fully saturated rings. The molecule has 5 heterocycles. The summed E-state index contributed by atoms with van der Waals surface area (Å²) in [7, 11) is 3.21. The van der Waals surface area contributed by atoms with Gasteiger partial charge in [-0.15, -0.1) is 0 Å². The molecule has 3 aromatic heterocycles. The molecule has 0 bridgehead atoms. The minimum atomic E-state index is -2.95. The van der Waals surface area contributed by atoms with E-state index in [1.165, 1.54) is 67.4 Å². The molecular formula is C64H71Cl2F4N11O6. The Morgan fingerprint density at radius 1 is 0.943 bits per heavy atom. The molecule has 4 amide bonds. The molecule has 3 aromatic carbocycles. The number of ether oxygens (including phenoxy) is 1. The van der Waals surface area contributed by atoms with Gasteiger partial charge in [-0.25, -0.2) is 27.5 Å². The van der Waals surface area contributed by atoms with Crippen molar-refractivity contribution in [2.75, 3.05) is 56.3 Å². The SMILES string of the molecule is COc1cc(C(=O)N2CCC(CCCN(C)C(=O)[C@H]3CC[C@H](n4cc(NC(=O)c5coc(-c6ccnc(NCC7CC7)c6)n5)c(C(F)F)n4)CC3)CC2)ccc1NC(=O)C1N[C@@H](CC(C)(C)C)[C@](C#N)(c2ccc(Cl)cc2F)[C@H]1c1cccc(Cl)c1F. The number of pyridine rings is 1. The third-order valence-corrected chi connectivity index (χ3v) is 18.0. The number of benzene rings is 3. The fourth-order valence-electron chi connectivity index (χ4n) is 12.7. The number of nitriles is 1. The number of methoxy groups -OCH3 is 1. The Kier molecular flexibility index (Phi) is 19.0. The van der Waals surface area contributed by atoms with Crippen molar-refractivity contribution in [3.8, 4) is 23.3 Å². The lowest BCUT2D eigenvalue weighted by molar-refractivity contribution is -0.135. The molecule has 2 aliphatic carbocycles. The molecule has 2 saturated carbocycles. The number of aromatic nitrogens is 4. The summed E-state index contributed by atoms with van der Waals surface area (Å²) in [5, 5.41) is 27.4. The minimum absolute atomic E-state index is 0.0324. The van der Waals surface area contributed by atoms with Gasteiger partial charge in [-0.2, -0.15) is 10.4 Å². The van der Waals surface area contributed by atoms with Gasteiger partial charge in [0.25, 0.3) is 18.2 Å². The van der Waals surface area contributed by atoms with Crippen LogP contribution in [0.4, 0.5) is 34.8 Å². The van der Waals surface area contributed by atoms with Crippen molar-refractivity contribution in [1.82, 2.24) is 34.9 Å². The van der Waals surface area contributed by atoms with Crippen molar-refractivity contribution in [3.05, 3.63) is 135 Å². The first-order valence-electron chi connectivity index (χ1n) is 29.6. The van der Waals surface area contributed by atoms with Gasteiger partial charge >= 0.3 is 0 Å². The molecular weight excluding hydrogens is 1170 g/mol. The Balaban J connectivity index is 0.699. The summed E-state index contributed by atoms with van der Waals surface area (Å²) in [6.45, 7) is 8.25. The number of hydrogen-bond donors (Lipinski definition) is 4. The highest BCUT2D eigenvalue weighted by Crippen LogP contribution is 2.53. The average molecular weight is 1240 g/mol. The van der Waals surface area contributed by atoms with Crippen LogP contribution in [-0.4, -0.2) is 106 Å². The highest BCUT2D eigenvalue weighted by atomic mass is 35.5. The van der Waals surface area contributed by atoms with Gasteiger partial charge in [0.1, 0.15) is 34.9 Å². The van der Waals surface area contributed by atoms with Crippen molar-refractivity contribution >= 4 is 64.0 Å². The molecule has 6 aromatic rings. The van der Waals surface area contributed by atoms with Gasteiger partial charge in [0, 0.05) is 85.2 Å².